The smallest absolute Gasteiger partial charge is 0.323 e. The first-order chi connectivity index (χ1) is 17.4. The van der Waals surface area contributed by atoms with Gasteiger partial charge in [0, 0.05) is 30.9 Å². The molecule has 0 aromatic heterocycles. The van der Waals surface area contributed by atoms with Crippen molar-refractivity contribution in [1.82, 2.24) is 9.21 Å². The van der Waals surface area contributed by atoms with E-state index in [1.54, 1.807) is 55.3 Å². The van der Waals surface area contributed by atoms with Crippen molar-refractivity contribution < 1.29 is 32.6 Å². The number of methoxy groups -OCH3 is 1. The Hall–Kier alpha value is -3.35. The van der Waals surface area contributed by atoms with Gasteiger partial charge in [-0.3, -0.25) is 4.79 Å². The minimum absolute atomic E-state index is 0.0826. The van der Waals surface area contributed by atoms with Crippen molar-refractivity contribution in [2.24, 2.45) is 5.92 Å². The van der Waals surface area contributed by atoms with Gasteiger partial charge in [-0.2, -0.15) is 0 Å². The van der Waals surface area contributed by atoms with Crippen molar-refractivity contribution in [2.75, 3.05) is 50.7 Å². The van der Waals surface area contributed by atoms with E-state index >= 15 is 0 Å². The number of fused-ring (bicyclic) bond motifs is 1. The molecule has 0 saturated carbocycles. The topological polar surface area (TPSA) is 138 Å². The number of anilines is 2. The van der Waals surface area contributed by atoms with Gasteiger partial charge in [0.25, 0.3) is 5.91 Å². The first-order valence-electron chi connectivity index (χ1n) is 11.8. The van der Waals surface area contributed by atoms with Crippen molar-refractivity contribution in [2.45, 2.75) is 26.0 Å². The van der Waals surface area contributed by atoms with Crippen molar-refractivity contribution in [3.05, 3.63) is 48.0 Å². The van der Waals surface area contributed by atoms with Crippen molar-refractivity contribution in [1.29, 1.82) is 0 Å². The number of urea groups is 1. The lowest BCUT2D eigenvalue weighted by Gasteiger charge is -2.38. The predicted octanol–water partition coefficient (Wildman–Crippen LogP) is 2.45. The molecule has 0 radical (unpaired) electrons. The molecule has 1 heterocycles. The summed E-state index contributed by atoms with van der Waals surface area (Å²) in [6.45, 7) is 3.69. The summed E-state index contributed by atoms with van der Waals surface area (Å²) in [5, 5.41) is 15.2. The fourth-order valence-electron chi connectivity index (χ4n) is 3.87. The lowest BCUT2D eigenvalue weighted by atomic mass is 9.99. The van der Waals surface area contributed by atoms with E-state index in [1.807, 2.05) is 6.92 Å². The quantitative estimate of drug-likeness (QED) is 0.473. The predicted molar refractivity (Wildman–Crippen MR) is 141 cm³/mol. The van der Waals surface area contributed by atoms with Crippen molar-refractivity contribution >= 4 is 33.3 Å². The van der Waals surface area contributed by atoms with Gasteiger partial charge in [-0.15, -0.1) is 0 Å². The van der Waals surface area contributed by atoms with Crippen LogP contribution in [-0.4, -0.2) is 86.9 Å². The third kappa shape index (κ3) is 7.12. The molecule has 3 rings (SSSR count). The number of nitrogens with zero attached hydrogens (tertiary/aromatic N) is 2. The van der Waals surface area contributed by atoms with Gasteiger partial charge >= 0.3 is 6.03 Å². The van der Waals surface area contributed by atoms with E-state index in [4.69, 9.17) is 9.47 Å². The van der Waals surface area contributed by atoms with Crippen molar-refractivity contribution in [3.8, 4) is 11.5 Å². The number of carbonyl (C=O) groups is 2. The van der Waals surface area contributed by atoms with Gasteiger partial charge in [-0.05, 0) is 49.4 Å². The monoisotopic (exact) mass is 534 g/mol. The Balaban J connectivity index is 1.88. The molecule has 3 amide bonds. The number of hydrogen-bond donors (Lipinski definition) is 3. The lowest BCUT2D eigenvalue weighted by molar-refractivity contribution is 0.0387. The summed E-state index contributed by atoms with van der Waals surface area (Å²) >= 11 is 0. The highest BCUT2D eigenvalue weighted by Crippen LogP contribution is 2.31. The zero-order valence-corrected chi connectivity index (χ0v) is 22.4. The van der Waals surface area contributed by atoms with Gasteiger partial charge in [-0.1, -0.05) is 6.92 Å². The summed E-state index contributed by atoms with van der Waals surface area (Å²) in [4.78, 5) is 27.6. The molecule has 0 fully saturated rings. The molecular formula is C25H34N4O7S. The Morgan fingerprint density at radius 3 is 2.43 bits per heavy atom. The summed E-state index contributed by atoms with van der Waals surface area (Å²) in [7, 11) is -0.426. The van der Waals surface area contributed by atoms with Crippen LogP contribution >= 0.6 is 0 Å². The van der Waals surface area contributed by atoms with E-state index < -0.39 is 28.2 Å². The first kappa shape index (κ1) is 28.2. The maximum Gasteiger partial charge on any atom is 0.323 e. The van der Waals surface area contributed by atoms with Crippen LogP contribution in [-0.2, 0) is 10.0 Å². The van der Waals surface area contributed by atoms with Crippen LogP contribution in [0.2, 0.25) is 0 Å². The molecule has 1 aliphatic heterocycles. The number of likely N-dealkylation sites (N-methyl/N-ethyl adjacent to an activating group) is 1. The van der Waals surface area contributed by atoms with E-state index in [9.17, 15) is 23.1 Å². The fraction of sp³-hybridized carbons (Fsp3) is 0.440. The molecule has 1 aliphatic rings. The number of ether oxygens (including phenoxy) is 2. The highest BCUT2D eigenvalue weighted by Gasteiger charge is 2.34. The van der Waals surface area contributed by atoms with Gasteiger partial charge < -0.3 is 30.1 Å². The Kier molecular flexibility index (Phi) is 9.00. The van der Waals surface area contributed by atoms with E-state index in [1.165, 1.54) is 17.4 Å². The maximum atomic E-state index is 13.5. The van der Waals surface area contributed by atoms with Gasteiger partial charge in [0.1, 0.15) is 17.6 Å². The number of aliphatic hydroxyl groups is 1. The zero-order chi connectivity index (χ0) is 27.3. The highest BCUT2D eigenvalue weighted by atomic mass is 32.2. The molecule has 0 saturated heterocycles. The number of hydrogen-bond acceptors (Lipinski definition) is 7. The summed E-state index contributed by atoms with van der Waals surface area (Å²) in [6, 6.07) is 10.5. The lowest BCUT2D eigenvalue weighted by Crippen LogP contribution is -2.50. The number of rotatable bonds is 8. The summed E-state index contributed by atoms with van der Waals surface area (Å²) in [6.07, 6.45) is 0.560. The van der Waals surface area contributed by atoms with Crippen LogP contribution in [0.1, 0.15) is 24.2 Å². The number of carbonyl (C=O) groups excluding carboxylic acids is 2. The Morgan fingerprint density at radius 1 is 1.22 bits per heavy atom. The molecule has 0 aliphatic carbocycles. The van der Waals surface area contributed by atoms with E-state index in [-0.39, 0.29) is 42.8 Å². The number of aliphatic hydroxyl groups excluding tert-OH is 1. The maximum absolute atomic E-state index is 13.5. The second-order valence-electron chi connectivity index (χ2n) is 9.18. The van der Waals surface area contributed by atoms with Crippen LogP contribution in [0.15, 0.2) is 42.5 Å². The van der Waals surface area contributed by atoms with Gasteiger partial charge in [0.15, 0.2) is 0 Å². The first-order valence-corrected chi connectivity index (χ1v) is 13.6. The van der Waals surface area contributed by atoms with Crippen LogP contribution in [0, 0.1) is 5.92 Å². The van der Waals surface area contributed by atoms with Crippen LogP contribution in [0.5, 0.6) is 11.5 Å². The molecule has 2 aromatic rings. The molecule has 3 atom stereocenters. The van der Waals surface area contributed by atoms with E-state index in [0.717, 1.165) is 6.26 Å². The molecule has 11 nitrogen and oxygen atoms in total. The standard InChI is InChI=1S/C25H34N4O7S/c1-16-13-29(17(2)15-30)24(31)21-12-19(27-25(32)26-18-6-9-20(35-4)10-7-18)8-11-22(21)36-23(16)14-28(3)37(5,33)34/h6-12,16-17,23,30H,13-15H2,1-5H3,(H2,26,27,32)/t16-,17-,23+/m0/s1. The fourth-order valence-corrected chi connectivity index (χ4v) is 4.29. The Morgan fingerprint density at radius 2 is 1.84 bits per heavy atom. The molecule has 0 bridgehead atoms. The van der Waals surface area contributed by atoms with Crippen molar-refractivity contribution in [3.63, 3.8) is 0 Å². The van der Waals surface area contributed by atoms with Crippen LogP contribution < -0.4 is 20.1 Å². The molecule has 37 heavy (non-hydrogen) atoms. The Bertz CT molecular complexity index is 1220. The normalized spacial score (nSPS) is 18.8. The minimum atomic E-state index is -3.45. The molecule has 3 N–H and O–H groups in total. The molecular weight excluding hydrogens is 500 g/mol. The second-order valence-corrected chi connectivity index (χ2v) is 11.3. The molecule has 0 unspecified atom stereocenters. The average molecular weight is 535 g/mol. The highest BCUT2D eigenvalue weighted by molar-refractivity contribution is 7.88. The van der Waals surface area contributed by atoms with E-state index in [0.29, 0.717) is 17.1 Å². The summed E-state index contributed by atoms with van der Waals surface area (Å²) in [5.74, 6) is 0.323. The Labute approximate surface area is 217 Å². The van der Waals surface area contributed by atoms with Gasteiger partial charge in [-0.25, -0.2) is 17.5 Å². The third-order valence-corrected chi connectivity index (χ3v) is 7.56. The zero-order valence-electron chi connectivity index (χ0n) is 21.6. The SMILES string of the molecule is COc1ccc(NC(=O)Nc2ccc3c(c2)C(=O)N([C@@H](C)CO)C[C@H](C)[C@@H](CN(C)S(C)(=O)=O)O3)cc1. The minimum Gasteiger partial charge on any atom is -0.497 e. The molecule has 12 heteroatoms. The second kappa shape index (κ2) is 11.8. The van der Waals surface area contributed by atoms with Crippen LogP contribution in [0.3, 0.4) is 0 Å². The largest absolute Gasteiger partial charge is 0.497 e. The van der Waals surface area contributed by atoms with Crippen LogP contribution in [0.25, 0.3) is 0 Å². The number of sulfonamides is 1. The van der Waals surface area contributed by atoms with Gasteiger partial charge in [0.05, 0.1) is 38.1 Å². The average Bonchev–Trinajstić information content (AvgIpc) is 2.85. The summed E-state index contributed by atoms with van der Waals surface area (Å²) < 4.78 is 36.5. The molecule has 0 spiro atoms. The number of nitrogens with one attached hydrogen (secondary N) is 2. The summed E-state index contributed by atoms with van der Waals surface area (Å²) in [5.41, 5.74) is 1.11. The number of benzene rings is 2. The van der Waals surface area contributed by atoms with Gasteiger partial charge in [0.2, 0.25) is 10.0 Å². The van der Waals surface area contributed by atoms with E-state index in [2.05, 4.69) is 10.6 Å². The number of amides is 3. The molecule has 202 valence electrons. The van der Waals surface area contributed by atoms with Crippen LogP contribution in [0.4, 0.5) is 16.2 Å². The molecule has 2 aromatic carbocycles. The third-order valence-electron chi connectivity index (χ3n) is 6.27.